The van der Waals surface area contributed by atoms with Crippen molar-refractivity contribution in [2.75, 3.05) is 7.11 Å². The Morgan fingerprint density at radius 1 is 1.37 bits per heavy atom. The van der Waals surface area contributed by atoms with E-state index in [0.29, 0.717) is 5.56 Å². The number of methoxy groups -OCH3 is 1. The summed E-state index contributed by atoms with van der Waals surface area (Å²) in [5.74, 6) is -0.741. The summed E-state index contributed by atoms with van der Waals surface area (Å²) in [6.45, 7) is 2.75. The number of hydrogen-bond acceptors (Lipinski definition) is 3. The Balaban J connectivity index is 2.58. The highest BCUT2D eigenvalue weighted by Gasteiger charge is 2.13. The highest BCUT2D eigenvalue weighted by atomic mass is 16.5. The zero-order chi connectivity index (χ0) is 14.0. The molecule has 1 aromatic carbocycles. The van der Waals surface area contributed by atoms with Crippen LogP contribution < -0.4 is 5.73 Å². The number of amides is 1. The maximum Gasteiger partial charge on any atom is 0.337 e. The second-order valence-electron chi connectivity index (χ2n) is 4.31. The number of rotatable bonds is 4. The lowest BCUT2D eigenvalue weighted by atomic mass is 10.1. The van der Waals surface area contributed by atoms with Gasteiger partial charge in [0, 0.05) is 23.6 Å². The summed E-state index contributed by atoms with van der Waals surface area (Å²) < 4.78 is 6.69. The quantitative estimate of drug-likeness (QED) is 0.846. The third-order valence-corrected chi connectivity index (χ3v) is 3.09. The first-order valence-corrected chi connectivity index (χ1v) is 6.05. The van der Waals surface area contributed by atoms with Crippen molar-refractivity contribution >= 4 is 22.8 Å². The average Bonchev–Trinajstić information content (AvgIpc) is 2.74. The van der Waals surface area contributed by atoms with Gasteiger partial charge in [-0.15, -0.1) is 0 Å². The normalized spacial score (nSPS) is 10.6. The van der Waals surface area contributed by atoms with Crippen LogP contribution in [0.2, 0.25) is 0 Å². The standard InChI is InChI=1S/C14H16N2O3/c1-3-16-8-10(7-13(15)17)11-5-4-9(6-12(11)16)14(18)19-2/h4-6,8H,3,7H2,1-2H3,(H2,15,17). The monoisotopic (exact) mass is 260 g/mol. The van der Waals surface area contributed by atoms with Gasteiger partial charge in [0.25, 0.3) is 0 Å². The van der Waals surface area contributed by atoms with Crippen LogP contribution in [0.5, 0.6) is 0 Å². The Hall–Kier alpha value is -2.30. The number of benzene rings is 1. The second kappa shape index (κ2) is 5.14. The number of carbonyl (C=O) groups excluding carboxylic acids is 2. The van der Waals surface area contributed by atoms with E-state index in [9.17, 15) is 9.59 Å². The van der Waals surface area contributed by atoms with Crippen LogP contribution in [0, 0.1) is 0 Å². The van der Waals surface area contributed by atoms with E-state index in [1.807, 2.05) is 23.8 Å². The van der Waals surface area contributed by atoms with Gasteiger partial charge in [0.2, 0.25) is 5.91 Å². The number of fused-ring (bicyclic) bond motifs is 1. The maximum atomic E-state index is 11.5. The number of primary amides is 1. The zero-order valence-corrected chi connectivity index (χ0v) is 11.0. The van der Waals surface area contributed by atoms with E-state index >= 15 is 0 Å². The molecule has 0 atom stereocenters. The predicted molar refractivity (Wildman–Crippen MR) is 71.8 cm³/mol. The molecule has 2 aromatic rings. The number of nitrogens with zero attached hydrogens (tertiary/aromatic N) is 1. The molecule has 1 heterocycles. The van der Waals surface area contributed by atoms with E-state index in [2.05, 4.69) is 0 Å². The maximum absolute atomic E-state index is 11.5. The third-order valence-electron chi connectivity index (χ3n) is 3.09. The Labute approximate surface area is 110 Å². The summed E-state index contributed by atoms with van der Waals surface area (Å²) in [5, 5.41) is 0.938. The van der Waals surface area contributed by atoms with Crippen LogP contribution in [0.4, 0.5) is 0 Å². The number of aryl methyl sites for hydroxylation is 1. The summed E-state index contributed by atoms with van der Waals surface area (Å²) in [6, 6.07) is 5.29. The minimum atomic E-state index is -0.373. The lowest BCUT2D eigenvalue weighted by molar-refractivity contribution is -0.117. The summed E-state index contributed by atoms with van der Waals surface area (Å²) in [5.41, 5.74) is 7.52. The molecular formula is C14H16N2O3. The molecule has 5 heteroatoms. The highest BCUT2D eigenvalue weighted by Crippen LogP contribution is 2.23. The van der Waals surface area contributed by atoms with Crippen molar-refractivity contribution in [3.8, 4) is 0 Å². The Kier molecular flexibility index (Phi) is 3.55. The predicted octanol–water partition coefficient (Wildman–Crippen LogP) is 1.48. The van der Waals surface area contributed by atoms with Gasteiger partial charge in [-0.2, -0.15) is 0 Å². The molecule has 0 spiro atoms. The molecule has 0 saturated carbocycles. The zero-order valence-electron chi connectivity index (χ0n) is 11.0. The molecule has 1 amide bonds. The number of aromatic nitrogens is 1. The fourth-order valence-corrected chi connectivity index (χ4v) is 2.20. The molecule has 100 valence electrons. The minimum absolute atomic E-state index is 0.196. The molecule has 0 aliphatic heterocycles. The van der Waals surface area contributed by atoms with Gasteiger partial charge in [-0.05, 0) is 24.6 Å². The molecule has 5 nitrogen and oxygen atoms in total. The number of nitrogens with two attached hydrogens (primary N) is 1. The molecule has 0 fully saturated rings. The SMILES string of the molecule is CCn1cc(CC(N)=O)c2ccc(C(=O)OC)cc21. The summed E-state index contributed by atoms with van der Waals surface area (Å²) in [4.78, 5) is 22.6. The fraction of sp³-hybridized carbons (Fsp3) is 0.286. The van der Waals surface area contributed by atoms with Gasteiger partial charge >= 0.3 is 5.97 Å². The first kappa shape index (κ1) is 13.1. The summed E-state index contributed by atoms with van der Waals surface area (Å²) >= 11 is 0. The number of ether oxygens (including phenoxy) is 1. The molecule has 0 radical (unpaired) electrons. The second-order valence-corrected chi connectivity index (χ2v) is 4.31. The molecule has 0 aliphatic rings. The molecule has 0 saturated heterocycles. The van der Waals surface area contributed by atoms with Crippen molar-refractivity contribution in [2.45, 2.75) is 19.9 Å². The molecule has 2 N–H and O–H groups in total. The molecule has 0 aliphatic carbocycles. The summed E-state index contributed by atoms with van der Waals surface area (Å²) in [7, 11) is 1.35. The van der Waals surface area contributed by atoms with Gasteiger partial charge in [0.15, 0.2) is 0 Å². The van der Waals surface area contributed by atoms with E-state index in [1.165, 1.54) is 7.11 Å². The van der Waals surface area contributed by atoms with Crippen LogP contribution in [0.15, 0.2) is 24.4 Å². The van der Waals surface area contributed by atoms with Crippen LogP contribution in [0.25, 0.3) is 10.9 Å². The van der Waals surface area contributed by atoms with E-state index in [4.69, 9.17) is 10.5 Å². The molecule has 19 heavy (non-hydrogen) atoms. The van der Waals surface area contributed by atoms with Gasteiger partial charge in [-0.3, -0.25) is 4.79 Å². The van der Waals surface area contributed by atoms with Gasteiger partial charge < -0.3 is 15.0 Å². The van der Waals surface area contributed by atoms with Gasteiger partial charge in [0.05, 0.1) is 19.1 Å². The number of carbonyl (C=O) groups is 2. The van der Waals surface area contributed by atoms with Crippen LogP contribution in [0.3, 0.4) is 0 Å². The van der Waals surface area contributed by atoms with Crippen molar-refractivity contribution in [3.63, 3.8) is 0 Å². The number of hydrogen-bond donors (Lipinski definition) is 1. The first-order chi connectivity index (χ1) is 9.06. The third kappa shape index (κ3) is 2.45. The van der Waals surface area contributed by atoms with Crippen LogP contribution in [-0.4, -0.2) is 23.6 Å². The van der Waals surface area contributed by atoms with Crippen LogP contribution in [0.1, 0.15) is 22.8 Å². The topological polar surface area (TPSA) is 74.3 Å². The molecule has 2 rings (SSSR count). The van der Waals surface area contributed by atoms with Crippen LogP contribution in [-0.2, 0) is 22.5 Å². The van der Waals surface area contributed by atoms with E-state index < -0.39 is 0 Å². The Bertz CT molecular complexity index is 643. The van der Waals surface area contributed by atoms with Gasteiger partial charge in [-0.1, -0.05) is 6.07 Å². The first-order valence-electron chi connectivity index (χ1n) is 6.05. The lowest BCUT2D eigenvalue weighted by Crippen LogP contribution is -2.13. The van der Waals surface area contributed by atoms with E-state index in [0.717, 1.165) is 23.0 Å². The molecular weight excluding hydrogens is 244 g/mol. The molecule has 0 unspecified atom stereocenters. The summed E-state index contributed by atoms with van der Waals surface area (Å²) in [6.07, 6.45) is 2.09. The van der Waals surface area contributed by atoms with Crippen molar-refractivity contribution in [3.05, 3.63) is 35.5 Å². The van der Waals surface area contributed by atoms with Crippen molar-refractivity contribution in [2.24, 2.45) is 5.73 Å². The number of esters is 1. The largest absolute Gasteiger partial charge is 0.465 e. The van der Waals surface area contributed by atoms with Gasteiger partial charge in [-0.25, -0.2) is 4.79 Å². The molecule has 0 bridgehead atoms. The Morgan fingerprint density at radius 2 is 2.11 bits per heavy atom. The van der Waals surface area contributed by atoms with E-state index in [-0.39, 0.29) is 18.3 Å². The van der Waals surface area contributed by atoms with Crippen molar-refractivity contribution in [1.82, 2.24) is 4.57 Å². The fourth-order valence-electron chi connectivity index (χ4n) is 2.20. The smallest absolute Gasteiger partial charge is 0.337 e. The molecule has 1 aromatic heterocycles. The van der Waals surface area contributed by atoms with Crippen molar-refractivity contribution in [1.29, 1.82) is 0 Å². The van der Waals surface area contributed by atoms with Gasteiger partial charge in [0.1, 0.15) is 0 Å². The lowest BCUT2D eigenvalue weighted by Gasteiger charge is -2.03. The van der Waals surface area contributed by atoms with Crippen molar-refractivity contribution < 1.29 is 14.3 Å². The average molecular weight is 260 g/mol. The Morgan fingerprint density at radius 3 is 2.68 bits per heavy atom. The minimum Gasteiger partial charge on any atom is -0.465 e. The van der Waals surface area contributed by atoms with Crippen LogP contribution >= 0.6 is 0 Å². The van der Waals surface area contributed by atoms with E-state index in [1.54, 1.807) is 12.1 Å². The highest BCUT2D eigenvalue weighted by molar-refractivity contribution is 5.96.